The Labute approximate surface area is 155 Å². The minimum absolute atomic E-state index is 0.0525. The maximum absolute atomic E-state index is 13.1. The summed E-state index contributed by atoms with van der Waals surface area (Å²) in [5, 5.41) is 8.98. The lowest BCUT2D eigenvalue weighted by Gasteiger charge is -2.26. The number of carbonyl (C=O) groups excluding carboxylic acids is 1. The molecule has 0 unspecified atom stereocenters. The summed E-state index contributed by atoms with van der Waals surface area (Å²) >= 11 is 0. The second-order valence-corrected chi connectivity index (χ2v) is 7.10. The fraction of sp³-hybridized carbons (Fsp3) is 0.400. The third kappa shape index (κ3) is 2.74. The van der Waals surface area contributed by atoms with Crippen molar-refractivity contribution < 1.29 is 9.53 Å². The first kappa shape index (κ1) is 17.5. The summed E-state index contributed by atoms with van der Waals surface area (Å²) in [7, 11) is 1.28. The number of nitrogens with one attached hydrogen (secondary N) is 1. The molecule has 0 spiro atoms. The van der Waals surface area contributed by atoms with E-state index in [0.717, 1.165) is 37.7 Å². The molecule has 0 aromatic carbocycles. The van der Waals surface area contributed by atoms with Crippen LogP contribution in [0.5, 0.6) is 0 Å². The predicted octanol–water partition coefficient (Wildman–Crippen LogP) is 2.73. The molecule has 27 heavy (non-hydrogen) atoms. The molecule has 1 saturated carbocycles. The lowest BCUT2D eigenvalue weighted by atomic mass is 9.95. The van der Waals surface area contributed by atoms with Gasteiger partial charge in [-0.15, -0.1) is 0 Å². The zero-order valence-corrected chi connectivity index (χ0v) is 15.5. The van der Waals surface area contributed by atoms with Gasteiger partial charge in [0, 0.05) is 12.2 Å². The molecule has 140 valence electrons. The first-order valence-corrected chi connectivity index (χ1v) is 9.23. The second kappa shape index (κ2) is 6.64. The van der Waals surface area contributed by atoms with E-state index in [-0.39, 0.29) is 22.7 Å². The Morgan fingerprint density at radius 1 is 1.26 bits per heavy atom. The number of aryl methyl sites for hydroxylation is 1. The van der Waals surface area contributed by atoms with Crippen LogP contribution < -0.4 is 11.0 Å². The molecule has 3 aromatic heterocycles. The Kier molecular flexibility index (Phi) is 4.30. The van der Waals surface area contributed by atoms with Crippen molar-refractivity contribution >= 4 is 22.6 Å². The van der Waals surface area contributed by atoms with Crippen molar-refractivity contribution in [3.63, 3.8) is 0 Å². The second-order valence-electron chi connectivity index (χ2n) is 7.10. The number of ether oxygens (including phenoxy) is 1. The van der Waals surface area contributed by atoms with Crippen molar-refractivity contribution in [2.24, 2.45) is 0 Å². The van der Waals surface area contributed by atoms with Gasteiger partial charge in [0.2, 0.25) is 0 Å². The number of carbonyl (C=O) groups is 1. The minimum Gasteiger partial charge on any atom is -0.465 e. The molecule has 0 radical (unpaired) electrons. The summed E-state index contributed by atoms with van der Waals surface area (Å²) in [5.41, 5.74) is 1.85. The molecule has 0 aliphatic heterocycles. The molecule has 0 saturated heterocycles. The molecule has 0 atom stereocenters. The van der Waals surface area contributed by atoms with E-state index in [1.807, 2.05) is 13.0 Å². The van der Waals surface area contributed by atoms with E-state index >= 15 is 0 Å². The Morgan fingerprint density at radius 2 is 2.00 bits per heavy atom. The van der Waals surface area contributed by atoms with Crippen LogP contribution in [0.25, 0.3) is 16.7 Å². The summed E-state index contributed by atoms with van der Waals surface area (Å²) in [4.78, 5) is 30.2. The Morgan fingerprint density at radius 3 is 2.70 bits per heavy atom. The van der Waals surface area contributed by atoms with Crippen LogP contribution in [0.1, 0.15) is 54.1 Å². The van der Waals surface area contributed by atoms with Crippen LogP contribution >= 0.6 is 0 Å². The topological polar surface area (TPSA) is 89.4 Å². The molecule has 3 aromatic rings. The lowest BCUT2D eigenvalue weighted by Crippen LogP contribution is -2.33. The van der Waals surface area contributed by atoms with E-state index in [9.17, 15) is 9.59 Å². The van der Waals surface area contributed by atoms with Crippen LogP contribution in [0.2, 0.25) is 0 Å². The molecule has 3 heterocycles. The highest BCUT2D eigenvalue weighted by atomic mass is 16.5. The zero-order chi connectivity index (χ0) is 19.1. The number of hydrogen-bond acceptors (Lipinski definition) is 5. The SMILES string of the molecule is COC(=O)c1cc2c(=O)n3cccc(C)c3nc2n(C2CCCCC2)c1=N. The third-order valence-electron chi connectivity index (χ3n) is 5.42. The van der Waals surface area contributed by atoms with E-state index in [2.05, 4.69) is 0 Å². The Balaban J connectivity index is 2.16. The predicted molar refractivity (Wildman–Crippen MR) is 101 cm³/mol. The summed E-state index contributed by atoms with van der Waals surface area (Å²) < 4.78 is 8.12. The van der Waals surface area contributed by atoms with Gasteiger partial charge in [0.1, 0.15) is 22.3 Å². The maximum atomic E-state index is 13.1. The molecular formula is C20H22N4O3. The van der Waals surface area contributed by atoms with Crippen LogP contribution in [0, 0.1) is 12.3 Å². The molecular weight excluding hydrogens is 344 g/mol. The van der Waals surface area contributed by atoms with Crippen LogP contribution in [0.4, 0.5) is 0 Å². The molecule has 0 bridgehead atoms. The first-order chi connectivity index (χ1) is 13.0. The molecule has 4 rings (SSSR count). The molecule has 7 nitrogen and oxygen atoms in total. The Bertz CT molecular complexity index is 1170. The molecule has 1 N–H and O–H groups in total. The number of fused-ring (bicyclic) bond motifs is 2. The number of methoxy groups -OCH3 is 1. The summed E-state index contributed by atoms with van der Waals surface area (Å²) in [6.07, 6.45) is 6.78. The van der Waals surface area contributed by atoms with Gasteiger partial charge in [-0.2, -0.15) is 0 Å². The molecule has 1 aliphatic rings. The fourth-order valence-electron chi connectivity index (χ4n) is 4.02. The van der Waals surface area contributed by atoms with Gasteiger partial charge in [-0.3, -0.25) is 14.6 Å². The van der Waals surface area contributed by atoms with Gasteiger partial charge >= 0.3 is 5.97 Å². The smallest absolute Gasteiger partial charge is 0.341 e. The third-order valence-corrected chi connectivity index (χ3v) is 5.42. The highest BCUT2D eigenvalue weighted by Crippen LogP contribution is 2.29. The van der Waals surface area contributed by atoms with E-state index in [4.69, 9.17) is 15.1 Å². The fourth-order valence-corrected chi connectivity index (χ4v) is 4.02. The molecule has 0 amide bonds. The van der Waals surface area contributed by atoms with Crippen LogP contribution in [-0.2, 0) is 4.74 Å². The standard InChI is InChI=1S/C20H22N4O3/c1-12-7-6-10-23-17(12)22-18-15(19(23)25)11-14(20(26)27-2)16(21)24(18)13-8-4-3-5-9-13/h6-7,10-11,13,21H,3-5,8-9H2,1-2H3. The number of rotatable bonds is 2. The highest BCUT2D eigenvalue weighted by molar-refractivity contribution is 5.93. The maximum Gasteiger partial charge on any atom is 0.341 e. The van der Waals surface area contributed by atoms with Crippen molar-refractivity contribution in [3.05, 3.63) is 51.4 Å². The van der Waals surface area contributed by atoms with Gasteiger partial charge in [0.05, 0.1) is 12.5 Å². The van der Waals surface area contributed by atoms with Gasteiger partial charge in [-0.1, -0.05) is 25.3 Å². The zero-order valence-electron chi connectivity index (χ0n) is 15.5. The normalized spacial score (nSPS) is 15.3. The summed E-state index contributed by atoms with van der Waals surface area (Å²) in [6, 6.07) is 5.21. The minimum atomic E-state index is -0.611. The van der Waals surface area contributed by atoms with Crippen molar-refractivity contribution in [1.29, 1.82) is 5.41 Å². The molecule has 7 heteroatoms. The van der Waals surface area contributed by atoms with Crippen molar-refractivity contribution in [1.82, 2.24) is 14.0 Å². The van der Waals surface area contributed by atoms with Crippen molar-refractivity contribution in [2.75, 3.05) is 7.11 Å². The largest absolute Gasteiger partial charge is 0.465 e. The molecule has 1 fully saturated rings. The Hall–Kier alpha value is -2.96. The number of nitrogens with zero attached hydrogens (tertiary/aromatic N) is 3. The highest BCUT2D eigenvalue weighted by Gasteiger charge is 2.23. The number of pyridine rings is 2. The average Bonchev–Trinajstić information content (AvgIpc) is 2.69. The monoisotopic (exact) mass is 366 g/mol. The summed E-state index contributed by atoms with van der Waals surface area (Å²) in [5.74, 6) is -0.611. The van der Waals surface area contributed by atoms with Gasteiger partial charge in [-0.05, 0) is 37.5 Å². The lowest BCUT2D eigenvalue weighted by molar-refractivity contribution is 0.0597. The van der Waals surface area contributed by atoms with Crippen LogP contribution in [0.3, 0.4) is 0 Å². The number of aromatic nitrogens is 3. The van der Waals surface area contributed by atoms with Gasteiger partial charge in [0.15, 0.2) is 0 Å². The van der Waals surface area contributed by atoms with E-state index in [1.54, 1.807) is 16.8 Å². The quantitative estimate of drug-likeness (QED) is 0.558. The average molecular weight is 366 g/mol. The van der Waals surface area contributed by atoms with Gasteiger partial charge in [-0.25, -0.2) is 9.78 Å². The van der Waals surface area contributed by atoms with Crippen molar-refractivity contribution in [2.45, 2.75) is 45.1 Å². The van der Waals surface area contributed by atoms with E-state index in [1.165, 1.54) is 17.6 Å². The molecule has 1 aliphatic carbocycles. The van der Waals surface area contributed by atoms with E-state index in [0.29, 0.717) is 16.7 Å². The number of hydrogen-bond donors (Lipinski definition) is 1. The van der Waals surface area contributed by atoms with E-state index < -0.39 is 5.97 Å². The van der Waals surface area contributed by atoms with Gasteiger partial charge < -0.3 is 9.30 Å². The van der Waals surface area contributed by atoms with Crippen LogP contribution in [0.15, 0.2) is 29.2 Å². The first-order valence-electron chi connectivity index (χ1n) is 9.23. The van der Waals surface area contributed by atoms with Crippen LogP contribution in [-0.4, -0.2) is 27.0 Å². The summed E-state index contributed by atoms with van der Waals surface area (Å²) in [6.45, 7) is 1.91. The van der Waals surface area contributed by atoms with Gasteiger partial charge in [0.25, 0.3) is 5.56 Å². The van der Waals surface area contributed by atoms with Crippen molar-refractivity contribution in [3.8, 4) is 0 Å². The number of esters is 1.